The molecule has 0 saturated carbocycles. The Balaban J connectivity index is 1.45. The maximum absolute atomic E-state index is 6.00. The summed E-state index contributed by atoms with van der Waals surface area (Å²) in [5.74, 6) is 0. The summed E-state index contributed by atoms with van der Waals surface area (Å²) < 4.78 is 11.5. The van der Waals surface area contributed by atoms with E-state index in [9.17, 15) is 0 Å². The van der Waals surface area contributed by atoms with Gasteiger partial charge in [0, 0.05) is 31.7 Å². The molecule has 1 N–H and O–H groups in total. The Morgan fingerprint density at radius 2 is 2.14 bits per heavy atom. The van der Waals surface area contributed by atoms with Crippen LogP contribution in [0.3, 0.4) is 0 Å². The summed E-state index contributed by atoms with van der Waals surface area (Å²) in [6.07, 6.45) is 5.61. The predicted octanol–water partition coefficient (Wildman–Crippen LogP) is 2.94. The van der Waals surface area contributed by atoms with Crippen LogP contribution < -0.4 is 5.32 Å². The summed E-state index contributed by atoms with van der Waals surface area (Å²) >= 11 is 0. The van der Waals surface area contributed by atoms with Gasteiger partial charge in [0.25, 0.3) is 0 Å². The summed E-state index contributed by atoms with van der Waals surface area (Å²) in [5.41, 5.74) is 1.44. The lowest BCUT2D eigenvalue weighted by molar-refractivity contribution is -0.0902. The molecule has 2 aliphatic heterocycles. The molecule has 21 heavy (non-hydrogen) atoms. The van der Waals surface area contributed by atoms with Gasteiger partial charge in [-0.05, 0) is 38.2 Å². The molecule has 3 nitrogen and oxygen atoms in total. The van der Waals surface area contributed by atoms with Crippen LogP contribution in [0.5, 0.6) is 0 Å². The molecule has 3 atom stereocenters. The van der Waals surface area contributed by atoms with Crippen LogP contribution in [-0.2, 0) is 15.9 Å². The highest BCUT2D eigenvalue weighted by Gasteiger charge is 2.41. The lowest BCUT2D eigenvalue weighted by atomic mass is 9.89. The average molecular weight is 289 g/mol. The second kappa shape index (κ2) is 6.91. The zero-order chi connectivity index (χ0) is 14.5. The number of aryl methyl sites for hydroxylation is 1. The maximum Gasteiger partial charge on any atom is 0.0951 e. The fourth-order valence-electron chi connectivity index (χ4n) is 3.55. The van der Waals surface area contributed by atoms with E-state index in [1.165, 1.54) is 12.0 Å². The lowest BCUT2D eigenvalue weighted by Crippen LogP contribution is -2.49. The Labute approximate surface area is 128 Å². The third-order valence-corrected chi connectivity index (χ3v) is 4.79. The van der Waals surface area contributed by atoms with Crippen LogP contribution in [0.2, 0.25) is 0 Å². The molecule has 3 heteroatoms. The first-order valence-corrected chi connectivity index (χ1v) is 8.27. The highest BCUT2D eigenvalue weighted by atomic mass is 16.6. The molecule has 2 heterocycles. The Bertz CT molecular complexity index is 428. The maximum atomic E-state index is 6.00. The van der Waals surface area contributed by atoms with Gasteiger partial charge in [-0.1, -0.05) is 30.3 Å². The van der Waals surface area contributed by atoms with E-state index < -0.39 is 0 Å². The van der Waals surface area contributed by atoms with E-state index in [4.69, 9.17) is 9.47 Å². The standard InChI is InChI=1S/C18H27NO2/c1-15(7-8-16-5-3-2-4-6-16)19-17-9-11-21-18(13-17)10-12-20-14-18/h2-6,15,17,19H,7-14H2,1H3. The van der Waals surface area contributed by atoms with E-state index in [-0.39, 0.29) is 5.60 Å². The van der Waals surface area contributed by atoms with Crippen molar-refractivity contribution in [2.45, 2.75) is 56.7 Å². The number of rotatable bonds is 5. The van der Waals surface area contributed by atoms with Crippen molar-refractivity contribution in [2.24, 2.45) is 0 Å². The summed E-state index contributed by atoms with van der Waals surface area (Å²) in [7, 11) is 0. The summed E-state index contributed by atoms with van der Waals surface area (Å²) in [6, 6.07) is 11.9. The molecular weight excluding hydrogens is 262 g/mol. The third kappa shape index (κ3) is 4.06. The molecule has 3 unspecified atom stereocenters. The Kier molecular flexibility index (Phi) is 4.94. The van der Waals surface area contributed by atoms with Gasteiger partial charge in [0.1, 0.15) is 0 Å². The quantitative estimate of drug-likeness (QED) is 0.904. The highest BCUT2D eigenvalue weighted by molar-refractivity contribution is 5.14. The molecule has 1 spiro atoms. The van der Waals surface area contributed by atoms with Gasteiger partial charge in [-0.25, -0.2) is 0 Å². The molecule has 2 fully saturated rings. The van der Waals surface area contributed by atoms with E-state index in [1.807, 2.05) is 0 Å². The molecule has 0 amide bonds. The van der Waals surface area contributed by atoms with Gasteiger partial charge in [-0.3, -0.25) is 0 Å². The Morgan fingerprint density at radius 1 is 1.29 bits per heavy atom. The minimum absolute atomic E-state index is 0.00899. The molecule has 116 valence electrons. The number of hydrogen-bond acceptors (Lipinski definition) is 3. The van der Waals surface area contributed by atoms with Crippen LogP contribution in [0, 0.1) is 0 Å². The Morgan fingerprint density at radius 3 is 2.90 bits per heavy atom. The molecular formula is C18H27NO2. The van der Waals surface area contributed by atoms with Crippen LogP contribution in [0.25, 0.3) is 0 Å². The van der Waals surface area contributed by atoms with Crippen LogP contribution in [-0.4, -0.2) is 37.5 Å². The molecule has 1 aromatic carbocycles. The van der Waals surface area contributed by atoms with Crippen LogP contribution in [0.1, 0.15) is 38.2 Å². The third-order valence-electron chi connectivity index (χ3n) is 4.79. The van der Waals surface area contributed by atoms with E-state index >= 15 is 0 Å². The molecule has 0 aliphatic carbocycles. The second-order valence-corrected chi connectivity index (χ2v) is 6.62. The van der Waals surface area contributed by atoms with Crippen molar-refractivity contribution < 1.29 is 9.47 Å². The molecule has 2 aliphatic rings. The van der Waals surface area contributed by atoms with Gasteiger partial charge in [-0.2, -0.15) is 0 Å². The monoisotopic (exact) mass is 289 g/mol. The summed E-state index contributed by atoms with van der Waals surface area (Å²) in [4.78, 5) is 0. The summed E-state index contributed by atoms with van der Waals surface area (Å²) in [6.45, 7) is 4.81. The van der Waals surface area contributed by atoms with Gasteiger partial charge in [0.2, 0.25) is 0 Å². The largest absolute Gasteiger partial charge is 0.378 e. The number of nitrogens with one attached hydrogen (secondary N) is 1. The van der Waals surface area contributed by atoms with E-state index in [1.54, 1.807) is 0 Å². The number of ether oxygens (including phenoxy) is 2. The summed E-state index contributed by atoms with van der Waals surface area (Å²) in [5, 5.41) is 3.80. The first kappa shape index (κ1) is 15.0. The predicted molar refractivity (Wildman–Crippen MR) is 84.5 cm³/mol. The smallest absolute Gasteiger partial charge is 0.0951 e. The molecule has 0 aromatic heterocycles. The van der Waals surface area contributed by atoms with Crippen molar-refractivity contribution in [3.63, 3.8) is 0 Å². The molecule has 0 radical (unpaired) electrons. The normalized spacial score (nSPS) is 30.6. The molecule has 1 aromatic rings. The van der Waals surface area contributed by atoms with Gasteiger partial charge >= 0.3 is 0 Å². The molecule has 2 saturated heterocycles. The van der Waals surface area contributed by atoms with Crippen LogP contribution >= 0.6 is 0 Å². The van der Waals surface area contributed by atoms with Crippen molar-refractivity contribution in [3.05, 3.63) is 35.9 Å². The van der Waals surface area contributed by atoms with Crippen molar-refractivity contribution in [1.29, 1.82) is 0 Å². The van der Waals surface area contributed by atoms with Crippen LogP contribution in [0.4, 0.5) is 0 Å². The second-order valence-electron chi connectivity index (χ2n) is 6.62. The first-order valence-electron chi connectivity index (χ1n) is 8.27. The highest BCUT2D eigenvalue weighted by Crippen LogP contribution is 2.33. The fourth-order valence-corrected chi connectivity index (χ4v) is 3.55. The zero-order valence-corrected chi connectivity index (χ0v) is 13.0. The van der Waals surface area contributed by atoms with Gasteiger partial charge in [-0.15, -0.1) is 0 Å². The van der Waals surface area contributed by atoms with Crippen molar-refractivity contribution >= 4 is 0 Å². The van der Waals surface area contributed by atoms with Crippen molar-refractivity contribution in [3.8, 4) is 0 Å². The lowest BCUT2D eigenvalue weighted by Gasteiger charge is -2.38. The first-order chi connectivity index (χ1) is 10.3. The molecule has 0 bridgehead atoms. The van der Waals surface area contributed by atoms with Gasteiger partial charge in [0.05, 0.1) is 12.2 Å². The van der Waals surface area contributed by atoms with Crippen molar-refractivity contribution in [2.75, 3.05) is 19.8 Å². The number of hydrogen-bond donors (Lipinski definition) is 1. The van der Waals surface area contributed by atoms with Crippen LogP contribution in [0.15, 0.2) is 30.3 Å². The minimum atomic E-state index is 0.00899. The Hall–Kier alpha value is -0.900. The van der Waals surface area contributed by atoms with E-state index in [0.29, 0.717) is 12.1 Å². The minimum Gasteiger partial charge on any atom is -0.378 e. The average Bonchev–Trinajstić information content (AvgIpc) is 2.94. The zero-order valence-electron chi connectivity index (χ0n) is 13.0. The SMILES string of the molecule is CC(CCc1ccccc1)NC1CCOC2(CCOC2)C1. The topological polar surface area (TPSA) is 30.5 Å². The number of benzene rings is 1. The van der Waals surface area contributed by atoms with Gasteiger partial charge in [0.15, 0.2) is 0 Å². The molecule has 3 rings (SSSR count). The van der Waals surface area contributed by atoms with E-state index in [2.05, 4.69) is 42.6 Å². The van der Waals surface area contributed by atoms with Gasteiger partial charge < -0.3 is 14.8 Å². The van der Waals surface area contributed by atoms with E-state index in [0.717, 1.165) is 45.5 Å². The van der Waals surface area contributed by atoms with Crippen molar-refractivity contribution in [1.82, 2.24) is 5.32 Å². The fraction of sp³-hybridized carbons (Fsp3) is 0.667.